The van der Waals surface area contributed by atoms with Gasteiger partial charge in [0.1, 0.15) is 11.6 Å². The van der Waals surface area contributed by atoms with Gasteiger partial charge in [0.15, 0.2) is 0 Å². The molecule has 0 aliphatic heterocycles. The summed E-state index contributed by atoms with van der Waals surface area (Å²) in [7, 11) is 0. The molecule has 63 heavy (non-hydrogen) atoms. The Kier molecular flexibility index (Phi) is 9.84. The Bertz CT molecular complexity index is 3400. The first-order chi connectivity index (χ1) is 31.6. The van der Waals surface area contributed by atoms with E-state index >= 15 is 0 Å². The number of aromatic nitrogens is 3. The molecule has 7 aromatic carbocycles. The van der Waals surface area contributed by atoms with Crippen molar-refractivity contribution in [2.45, 2.75) is 78.6 Å². The van der Waals surface area contributed by atoms with E-state index in [4.69, 9.17) is 14.1 Å². The molecule has 9 rings (SSSR count). The fourth-order valence-electron chi connectivity index (χ4n) is 8.31. The molecule has 5 heteroatoms. The van der Waals surface area contributed by atoms with Crippen molar-refractivity contribution in [2.24, 2.45) is 0 Å². The van der Waals surface area contributed by atoms with Gasteiger partial charge in [0.25, 0.3) is 0 Å². The van der Waals surface area contributed by atoms with Crippen LogP contribution in [0.4, 0.5) is 0 Å². The van der Waals surface area contributed by atoms with Crippen molar-refractivity contribution in [2.75, 3.05) is 0 Å². The molecule has 0 saturated carbocycles. The summed E-state index contributed by atoms with van der Waals surface area (Å²) >= 11 is 0. The molecule has 0 radical (unpaired) electrons. The predicted molar refractivity (Wildman–Crippen MR) is 260 cm³/mol. The number of hydrogen-bond acceptors (Lipinski definition) is 3. The van der Waals surface area contributed by atoms with Crippen LogP contribution in [0.25, 0.3) is 83.5 Å². The molecular weight excluding hydrogens is 950 g/mol. The summed E-state index contributed by atoms with van der Waals surface area (Å²) in [5.41, 5.74) is 11.0. The van der Waals surface area contributed by atoms with E-state index in [2.05, 4.69) is 111 Å². The van der Waals surface area contributed by atoms with Crippen molar-refractivity contribution in [3.63, 3.8) is 0 Å². The Morgan fingerprint density at radius 3 is 1.94 bits per heavy atom. The minimum absolute atomic E-state index is 0. The van der Waals surface area contributed by atoms with E-state index in [0.717, 1.165) is 61.0 Å². The first-order valence-electron chi connectivity index (χ1n) is 23.7. The van der Waals surface area contributed by atoms with Gasteiger partial charge in [-0.1, -0.05) is 170 Å². The van der Waals surface area contributed by atoms with Crippen LogP contribution < -0.4 is 0 Å². The molecule has 0 aliphatic rings. The molecule has 0 bridgehead atoms. The van der Waals surface area contributed by atoms with Gasteiger partial charge >= 0.3 is 0 Å². The quantitative estimate of drug-likeness (QED) is 0.169. The van der Waals surface area contributed by atoms with E-state index in [1.165, 1.54) is 0 Å². The van der Waals surface area contributed by atoms with Gasteiger partial charge in [-0.2, -0.15) is 0 Å². The molecule has 1 N–H and O–H groups in total. The summed E-state index contributed by atoms with van der Waals surface area (Å²) in [5, 5.41) is 13.6. The normalized spacial score (nSPS) is 13.3. The number of aromatic hydroxyl groups is 1. The molecule has 4 nitrogen and oxygen atoms in total. The number of phenols is 1. The molecule has 0 spiro atoms. The fourth-order valence-corrected chi connectivity index (χ4v) is 8.31. The average Bonchev–Trinajstić information content (AvgIpc) is 3.68. The summed E-state index contributed by atoms with van der Waals surface area (Å²) in [4.78, 5) is 10.4. The number of fused-ring (bicyclic) bond motifs is 2. The van der Waals surface area contributed by atoms with Crippen molar-refractivity contribution in [1.29, 1.82) is 0 Å². The van der Waals surface area contributed by atoms with Gasteiger partial charge in [0.05, 0.1) is 29.1 Å². The second-order valence-corrected chi connectivity index (χ2v) is 19.3. The molecule has 0 saturated heterocycles. The van der Waals surface area contributed by atoms with Crippen LogP contribution in [0.3, 0.4) is 0 Å². The van der Waals surface area contributed by atoms with Gasteiger partial charge in [-0.3, -0.25) is 9.55 Å². The largest absolute Gasteiger partial charge is 0.507 e. The summed E-state index contributed by atoms with van der Waals surface area (Å²) in [6.07, 6.45) is 1.81. The maximum Gasteiger partial charge on any atom is 0.148 e. The molecule has 0 amide bonds. The summed E-state index contributed by atoms with van der Waals surface area (Å²) in [6, 6.07) is 42.7. The monoisotopic (exact) mass is 1010 g/mol. The number of pyridine rings is 1. The number of phenolic OH excluding ortho intramolecular Hbond substituents is 1. The van der Waals surface area contributed by atoms with E-state index in [1.54, 1.807) is 0 Å². The summed E-state index contributed by atoms with van der Waals surface area (Å²) < 4.78 is 46.4. The van der Waals surface area contributed by atoms with Crippen LogP contribution in [-0.2, 0) is 37.3 Å². The third-order valence-electron chi connectivity index (χ3n) is 11.8. The number of para-hydroxylation sites is 1. The van der Waals surface area contributed by atoms with Crippen LogP contribution in [0.1, 0.15) is 85.9 Å². The van der Waals surface area contributed by atoms with Crippen molar-refractivity contribution in [1.82, 2.24) is 14.5 Å². The third-order valence-corrected chi connectivity index (χ3v) is 11.8. The van der Waals surface area contributed by atoms with Crippen molar-refractivity contribution in [3.8, 4) is 67.3 Å². The minimum Gasteiger partial charge on any atom is -0.507 e. The van der Waals surface area contributed by atoms with Gasteiger partial charge in [0, 0.05) is 43.9 Å². The maximum absolute atomic E-state index is 12.5. The summed E-state index contributed by atoms with van der Waals surface area (Å²) in [5.74, 6) is 0.538. The second kappa shape index (κ2) is 16.6. The van der Waals surface area contributed by atoms with Crippen LogP contribution in [0.2, 0.25) is 0 Å². The molecule has 2 aromatic heterocycles. The molecule has 9 aromatic rings. The Labute approximate surface area is 394 Å². The van der Waals surface area contributed by atoms with E-state index in [-0.39, 0.29) is 55.3 Å². The van der Waals surface area contributed by atoms with Crippen LogP contribution in [0.15, 0.2) is 158 Å². The number of rotatable bonds is 6. The molecule has 0 aliphatic carbocycles. The van der Waals surface area contributed by atoms with Crippen molar-refractivity contribution < 1.29 is 33.0 Å². The molecule has 2 heterocycles. The Balaban J connectivity index is 0.00000625. The predicted octanol–water partition coefficient (Wildman–Crippen LogP) is 15.3. The number of benzene rings is 7. The first kappa shape index (κ1) is 37.5. The molecule has 0 atom stereocenters. The Morgan fingerprint density at radius 1 is 0.556 bits per heavy atom. The van der Waals surface area contributed by atoms with Crippen molar-refractivity contribution in [3.05, 3.63) is 180 Å². The zero-order chi connectivity index (χ0) is 47.9. The van der Waals surface area contributed by atoms with Crippen LogP contribution >= 0.6 is 0 Å². The zero-order valence-corrected chi connectivity index (χ0v) is 39.5. The van der Waals surface area contributed by atoms with Crippen molar-refractivity contribution >= 4 is 21.9 Å². The number of imidazole rings is 1. The summed E-state index contributed by atoms with van der Waals surface area (Å²) in [6.45, 7) is 18.9. The fraction of sp³-hybridized carbons (Fsp3) is 0.207. The van der Waals surface area contributed by atoms with Gasteiger partial charge < -0.3 is 5.11 Å². The molecule has 0 fully saturated rings. The molecule has 0 unspecified atom stereocenters. The molecule has 318 valence electrons. The van der Waals surface area contributed by atoms with Crippen LogP contribution in [-0.4, -0.2) is 19.6 Å². The zero-order valence-electron chi connectivity index (χ0n) is 42.2. The first-order valence-corrected chi connectivity index (χ1v) is 21.2. The Morgan fingerprint density at radius 2 is 1.24 bits per heavy atom. The van der Waals surface area contributed by atoms with E-state index in [9.17, 15) is 7.85 Å². The standard InChI is InChI=1S/C58H54N3O.Pt/c1-56(2,3)43-28-29-50(46(34-43)38-21-14-11-15-22-38)61-51-27-17-26-45(53(51)60-55(61)48-35-44(57(4,5)6)36-49(54(48)62)58(7,8)9)39-23-16-24-40(31-39)47-33-42(37-19-12-10-13-20-37)32-41-25-18-30-59-52(41)47;/h10-30,32-36,62H,1-9H3;/q-1;/i11D,14D,15D,21D,22D;. The smallest absolute Gasteiger partial charge is 0.148 e. The van der Waals surface area contributed by atoms with E-state index in [0.29, 0.717) is 33.7 Å². The van der Waals surface area contributed by atoms with Gasteiger partial charge in [-0.25, -0.2) is 4.98 Å². The van der Waals surface area contributed by atoms with Gasteiger partial charge in [-0.15, -0.1) is 35.4 Å². The average molecular weight is 1010 g/mol. The molecular formula is C58H54N3OPt-. The van der Waals surface area contributed by atoms with E-state index in [1.807, 2.05) is 89.6 Å². The topological polar surface area (TPSA) is 50.9 Å². The van der Waals surface area contributed by atoms with Gasteiger partial charge in [0.2, 0.25) is 0 Å². The van der Waals surface area contributed by atoms with Gasteiger partial charge in [-0.05, 0) is 85.8 Å². The maximum atomic E-state index is 12.5. The number of hydrogen-bond donors (Lipinski definition) is 1. The number of nitrogens with zero attached hydrogens (tertiary/aromatic N) is 3. The Hall–Kier alpha value is -6.09. The van der Waals surface area contributed by atoms with Crippen LogP contribution in [0, 0.1) is 6.07 Å². The third kappa shape index (κ3) is 8.30. The van der Waals surface area contributed by atoms with E-state index < -0.39 is 23.5 Å². The SMILES string of the molecule is [2H]c1c([2H])c([2H])c(-c2cc(C(C)(C)C)ccc2-n2c(-c3cc(C(C)(C)C)cc(C(C)(C)C)c3O)nc3c(-c4[c-]c(-c5cc(-c6ccccc6)cc6cccnc56)ccc4)cccc32)c([2H])c1[2H].[Pt]. The minimum atomic E-state index is -0.460. The van der Waals surface area contributed by atoms with Crippen LogP contribution in [0.5, 0.6) is 5.75 Å². The second-order valence-electron chi connectivity index (χ2n) is 19.3.